The number of rotatable bonds is 3. The van der Waals surface area contributed by atoms with Crippen LogP contribution in [0.5, 0.6) is 0 Å². The minimum Gasteiger partial charge on any atom is -0.450 e. The van der Waals surface area contributed by atoms with Gasteiger partial charge in [0.2, 0.25) is 0 Å². The monoisotopic (exact) mass is 294 g/mol. The molecule has 0 aromatic carbocycles. The van der Waals surface area contributed by atoms with Gasteiger partial charge in [0.25, 0.3) is 5.91 Å². The third-order valence-electron chi connectivity index (χ3n) is 3.61. The second-order valence-electron chi connectivity index (χ2n) is 5.20. The van der Waals surface area contributed by atoms with E-state index >= 15 is 0 Å². The number of amides is 2. The van der Waals surface area contributed by atoms with Gasteiger partial charge in [0.1, 0.15) is 5.69 Å². The summed E-state index contributed by atoms with van der Waals surface area (Å²) >= 11 is 0. The number of carbonyl (C=O) groups is 2. The molecular weight excluding hydrogens is 272 g/mol. The number of nitrogens with one attached hydrogen (secondary N) is 1. The number of aromatic nitrogens is 1. The zero-order valence-electron chi connectivity index (χ0n) is 12.5. The fourth-order valence-electron chi connectivity index (χ4n) is 2.50. The molecule has 0 atom stereocenters. The lowest BCUT2D eigenvalue weighted by molar-refractivity contribution is 0.0854. The van der Waals surface area contributed by atoms with Crippen molar-refractivity contribution in [1.29, 1.82) is 0 Å². The Morgan fingerprint density at radius 2 is 2.10 bits per heavy atom. The Labute approximate surface area is 124 Å². The highest BCUT2D eigenvalue weighted by Crippen LogP contribution is 2.14. The highest BCUT2D eigenvalue weighted by Gasteiger charge is 2.25. The number of aryl methyl sites for hydroxylation is 1. The van der Waals surface area contributed by atoms with Crippen molar-refractivity contribution in [2.75, 3.05) is 25.4 Å². The van der Waals surface area contributed by atoms with Crippen LogP contribution in [0.15, 0.2) is 12.3 Å². The summed E-state index contributed by atoms with van der Waals surface area (Å²) in [5.74, 6) is -0.135. The van der Waals surface area contributed by atoms with Gasteiger partial charge in [-0.3, -0.25) is 4.79 Å². The Hall–Kier alpha value is -2.18. The number of carbonyl (C=O) groups excluding carboxylic acids is 2. The molecule has 21 heavy (non-hydrogen) atoms. The number of piperidine rings is 1. The zero-order valence-corrected chi connectivity index (χ0v) is 12.5. The average Bonchev–Trinajstić information content (AvgIpc) is 2.79. The molecule has 1 aliphatic heterocycles. The van der Waals surface area contributed by atoms with Crippen LogP contribution in [-0.2, 0) is 11.8 Å². The van der Waals surface area contributed by atoms with E-state index in [1.807, 2.05) is 0 Å². The van der Waals surface area contributed by atoms with E-state index in [-0.39, 0.29) is 18.0 Å². The number of likely N-dealkylation sites (tertiary alicyclic amines) is 1. The van der Waals surface area contributed by atoms with Gasteiger partial charge in [-0.25, -0.2) is 4.79 Å². The molecule has 0 bridgehead atoms. The van der Waals surface area contributed by atoms with Crippen LogP contribution in [-0.4, -0.2) is 47.2 Å². The molecule has 2 heterocycles. The van der Waals surface area contributed by atoms with Crippen LogP contribution in [0.4, 0.5) is 10.5 Å². The molecule has 1 aromatic rings. The van der Waals surface area contributed by atoms with E-state index < -0.39 is 0 Å². The van der Waals surface area contributed by atoms with Crippen molar-refractivity contribution in [2.24, 2.45) is 7.05 Å². The van der Waals surface area contributed by atoms with Gasteiger partial charge in [-0.05, 0) is 25.8 Å². The van der Waals surface area contributed by atoms with Crippen LogP contribution >= 0.6 is 0 Å². The first-order valence-corrected chi connectivity index (χ1v) is 7.15. The third-order valence-corrected chi connectivity index (χ3v) is 3.61. The maximum Gasteiger partial charge on any atom is 0.409 e. The van der Waals surface area contributed by atoms with Crippen LogP contribution in [0.25, 0.3) is 0 Å². The highest BCUT2D eigenvalue weighted by atomic mass is 16.6. The first-order valence-electron chi connectivity index (χ1n) is 7.15. The van der Waals surface area contributed by atoms with Gasteiger partial charge < -0.3 is 25.3 Å². The Kier molecular flexibility index (Phi) is 4.72. The standard InChI is InChI=1S/C14H22N4O3/c1-3-21-14(20)18-6-4-11(5-7-18)16-13(19)12-8-10(15)9-17(12)2/h8-9,11H,3-7,15H2,1-2H3,(H,16,19). The second-order valence-corrected chi connectivity index (χ2v) is 5.20. The molecule has 0 spiro atoms. The van der Waals surface area contributed by atoms with Crippen LogP contribution in [0, 0.1) is 0 Å². The predicted molar refractivity (Wildman–Crippen MR) is 78.9 cm³/mol. The molecule has 2 rings (SSSR count). The average molecular weight is 294 g/mol. The number of nitrogens with zero attached hydrogens (tertiary/aromatic N) is 2. The summed E-state index contributed by atoms with van der Waals surface area (Å²) < 4.78 is 6.67. The van der Waals surface area contributed by atoms with E-state index in [2.05, 4.69) is 5.32 Å². The molecule has 0 unspecified atom stereocenters. The van der Waals surface area contributed by atoms with Crippen LogP contribution in [0.1, 0.15) is 30.3 Å². The van der Waals surface area contributed by atoms with E-state index in [0.29, 0.717) is 31.1 Å². The van der Waals surface area contributed by atoms with Crippen molar-refractivity contribution in [3.05, 3.63) is 18.0 Å². The van der Waals surface area contributed by atoms with E-state index in [4.69, 9.17) is 10.5 Å². The Morgan fingerprint density at radius 3 is 2.62 bits per heavy atom. The molecule has 7 nitrogen and oxygen atoms in total. The molecule has 1 fully saturated rings. The number of anilines is 1. The largest absolute Gasteiger partial charge is 0.450 e. The lowest BCUT2D eigenvalue weighted by Crippen LogP contribution is -2.46. The summed E-state index contributed by atoms with van der Waals surface area (Å²) in [5, 5.41) is 2.99. The van der Waals surface area contributed by atoms with Gasteiger partial charge in [0.05, 0.1) is 12.3 Å². The van der Waals surface area contributed by atoms with Crippen molar-refractivity contribution in [3.63, 3.8) is 0 Å². The van der Waals surface area contributed by atoms with Crippen molar-refractivity contribution in [2.45, 2.75) is 25.8 Å². The van der Waals surface area contributed by atoms with Crippen LogP contribution in [0.2, 0.25) is 0 Å². The zero-order chi connectivity index (χ0) is 15.4. The van der Waals surface area contributed by atoms with E-state index in [0.717, 1.165) is 12.8 Å². The Balaban J connectivity index is 1.85. The lowest BCUT2D eigenvalue weighted by atomic mass is 10.1. The summed E-state index contributed by atoms with van der Waals surface area (Å²) in [6.07, 6.45) is 2.88. The summed E-state index contributed by atoms with van der Waals surface area (Å²) in [6.45, 7) is 3.36. The number of nitrogen functional groups attached to an aromatic ring is 1. The van der Waals surface area contributed by atoms with E-state index in [1.165, 1.54) is 0 Å². The van der Waals surface area contributed by atoms with Crippen molar-refractivity contribution < 1.29 is 14.3 Å². The molecule has 1 aromatic heterocycles. The predicted octanol–water partition coefficient (Wildman–Crippen LogP) is 0.958. The summed E-state index contributed by atoms with van der Waals surface area (Å²) in [6, 6.07) is 1.72. The minimum atomic E-state index is -0.280. The lowest BCUT2D eigenvalue weighted by Gasteiger charge is -2.31. The Morgan fingerprint density at radius 1 is 1.43 bits per heavy atom. The SMILES string of the molecule is CCOC(=O)N1CCC(NC(=O)c2cc(N)cn2C)CC1. The molecule has 3 N–H and O–H groups in total. The summed E-state index contributed by atoms with van der Waals surface area (Å²) in [4.78, 5) is 25.4. The molecule has 7 heteroatoms. The fourth-order valence-corrected chi connectivity index (χ4v) is 2.50. The fraction of sp³-hybridized carbons (Fsp3) is 0.571. The van der Waals surface area contributed by atoms with Crippen molar-refractivity contribution in [3.8, 4) is 0 Å². The maximum absolute atomic E-state index is 12.2. The van der Waals surface area contributed by atoms with Crippen LogP contribution < -0.4 is 11.1 Å². The Bertz CT molecular complexity index is 518. The minimum absolute atomic E-state index is 0.0688. The molecule has 1 aliphatic rings. The first-order chi connectivity index (χ1) is 10.0. The second kappa shape index (κ2) is 6.51. The number of hydrogen-bond acceptors (Lipinski definition) is 4. The topological polar surface area (TPSA) is 89.6 Å². The van der Waals surface area contributed by atoms with E-state index in [9.17, 15) is 9.59 Å². The maximum atomic E-state index is 12.2. The molecule has 0 radical (unpaired) electrons. The van der Waals surface area contributed by atoms with Gasteiger partial charge in [0, 0.05) is 32.4 Å². The van der Waals surface area contributed by atoms with Gasteiger partial charge >= 0.3 is 6.09 Å². The van der Waals surface area contributed by atoms with Gasteiger partial charge in [-0.1, -0.05) is 0 Å². The van der Waals surface area contributed by atoms with Crippen molar-refractivity contribution in [1.82, 2.24) is 14.8 Å². The van der Waals surface area contributed by atoms with E-state index in [1.54, 1.807) is 35.7 Å². The first kappa shape index (κ1) is 15.2. The van der Waals surface area contributed by atoms with Gasteiger partial charge in [0.15, 0.2) is 0 Å². The molecule has 2 amide bonds. The molecule has 1 saturated heterocycles. The number of ether oxygens (including phenoxy) is 1. The number of nitrogens with two attached hydrogens (primary N) is 1. The smallest absolute Gasteiger partial charge is 0.409 e. The van der Waals surface area contributed by atoms with Gasteiger partial charge in [-0.15, -0.1) is 0 Å². The summed E-state index contributed by atoms with van der Waals surface area (Å²) in [7, 11) is 1.79. The van der Waals surface area contributed by atoms with Crippen LogP contribution in [0.3, 0.4) is 0 Å². The third kappa shape index (κ3) is 3.68. The number of hydrogen-bond donors (Lipinski definition) is 2. The normalized spacial score (nSPS) is 15.8. The van der Waals surface area contributed by atoms with Gasteiger partial charge in [-0.2, -0.15) is 0 Å². The molecule has 116 valence electrons. The molecule has 0 aliphatic carbocycles. The molecular formula is C14H22N4O3. The summed E-state index contributed by atoms with van der Waals surface area (Å²) in [5.41, 5.74) is 6.78. The quantitative estimate of drug-likeness (QED) is 0.869. The highest BCUT2D eigenvalue weighted by molar-refractivity contribution is 5.94. The molecule has 0 saturated carbocycles. The van der Waals surface area contributed by atoms with Crippen molar-refractivity contribution >= 4 is 17.7 Å².